The van der Waals surface area contributed by atoms with Crippen molar-refractivity contribution in [3.05, 3.63) is 58.8 Å². The average Bonchev–Trinajstić information content (AvgIpc) is 2.51. The van der Waals surface area contributed by atoms with Gasteiger partial charge in [-0.3, -0.25) is 4.79 Å². The molecule has 3 rings (SSSR count). The molecule has 1 aromatic heterocycles. The minimum atomic E-state index is -0.407. The Morgan fingerprint density at radius 3 is 2.45 bits per heavy atom. The Hall–Kier alpha value is -2.20. The van der Waals surface area contributed by atoms with Crippen LogP contribution in [0.1, 0.15) is 0 Å². The molecule has 1 heterocycles. The third kappa shape index (κ3) is 2.08. The van der Waals surface area contributed by atoms with Crippen LogP contribution in [0.3, 0.4) is 0 Å². The van der Waals surface area contributed by atoms with Gasteiger partial charge in [-0.15, -0.1) is 11.8 Å². The second kappa shape index (κ2) is 5.06. The van der Waals surface area contributed by atoms with Gasteiger partial charge < -0.3 is 9.52 Å². The predicted octanol–water partition coefficient (Wildman–Crippen LogP) is 3.89. The summed E-state index contributed by atoms with van der Waals surface area (Å²) in [7, 11) is 0. The molecule has 0 radical (unpaired) electrons. The molecule has 3 nitrogen and oxygen atoms in total. The summed E-state index contributed by atoms with van der Waals surface area (Å²) in [5, 5.41) is 10.4. The van der Waals surface area contributed by atoms with Crippen molar-refractivity contribution in [3.63, 3.8) is 0 Å². The first-order chi connectivity index (χ1) is 9.70. The summed E-state index contributed by atoms with van der Waals surface area (Å²) in [5.74, 6) is -0.137. The van der Waals surface area contributed by atoms with Crippen molar-refractivity contribution in [2.24, 2.45) is 0 Å². The van der Waals surface area contributed by atoms with Gasteiger partial charge in [0.25, 0.3) is 0 Å². The molecule has 0 atom stereocenters. The van der Waals surface area contributed by atoms with E-state index < -0.39 is 5.43 Å². The van der Waals surface area contributed by atoms with Crippen LogP contribution in [0.2, 0.25) is 0 Å². The van der Waals surface area contributed by atoms with Gasteiger partial charge in [-0.25, -0.2) is 0 Å². The lowest BCUT2D eigenvalue weighted by molar-refractivity contribution is 0.449. The molecular formula is C16H12O3S. The minimum Gasteiger partial charge on any atom is -0.502 e. The fraction of sp³-hybridized carbons (Fsp3) is 0.0625. The summed E-state index contributed by atoms with van der Waals surface area (Å²) in [6, 6.07) is 14.4. The van der Waals surface area contributed by atoms with Crippen molar-refractivity contribution in [3.8, 4) is 17.1 Å². The van der Waals surface area contributed by atoms with Gasteiger partial charge in [-0.1, -0.05) is 12.1 Å². The van der Waals surface area contributed by atoms with E-state index in [4.69, 9.17) is 4.42 Å². The summed E-state index contributed by atoms with van der Waals surface area (Å²) in [4.78, 5) is 13.2. The lowest BCUT2D eigenvalue weighted by Crippen LogP contribution is -2.02. The normalized spacial score (nSPS) is 10.8. The van der Waals surface area contributed by atoms with Crippen molar-refractivity contribution in [1.82, 2.24) is 0 Å². The second-order valence-corrected chi connectivity index (χ2v) is 5.21. The van der Waals surface area contributed by atoms with Gasteiger partial charge >= 0.3 is 0 Å². The number of para-hydroxylation sites is 1. The van der Waals surface area contributed by atoms with E-state index in [0.29, 0.717) is 16.5 Å². The van der Waals surface area contributed by atoms with Gasteiger partial charge in [0, 0.05) is 10.5 Å². The zero-order valence-corrected chi connectivity index (χ0v) is 11.6. The number of hydrogen-bond donors (Lipinski definition) is 1. The highest BCUT2D eigenvalue weighted by atomic mass is 32.2. The first-order valence-electron chi connectivity index (χ1n) is 6.10. The van der Waals surface area contributed by atoms with Gasteiger partial charge in [0.15, 0.2) is 5.76 Å². The van der Waals surface area contributed by atoms with Crippen LogP contribution < -0.4 is 5.43 Å². The highest BCUT2D eigenvalue weighted by Crippen LogP contribution is 2.30. The minimum absolute atomic E-state index is 0.210. The number of hydrogen-bond acceptors (Lipinski definition) is 4. The van der Waals surface area contributed by atoms with Crippen LogP contribution >= 0.6 is 11.8 Å². The topological polar surface area (TPSA) is 50.4 Å². The summed E-state index contributed by atoms with van der Waals surface area (Å²) in [6.45, 7) is 0. The molecule has 0 unspecified atom stereocenters. The summed E-state index contributed by atoms with van der Waals surface area (Å²) >= 11 is 1.63. The fourth-order valence-corrected chi connectivity index (χ4v) is 2.48. The number of rotatable bonds is 2. The highest BCUT2D eigenvalue weighted by molar-refractivity contribution is 7.98. The van der Waals surface area contributed by atoms with E-state index in [1.54, 1.807) is 36.0 Å². The van der Waals surface area contributed by atoms with E-state index in [9.17, 15) is 9.90 Å². The lowest BCUT2D eigenvalue weighted by Gasteiger charge is -2.06. The third-order valence-corrected chi connectivity index (χ3v) is 3.87. The lowest BCUT2D eigenvalue weighted by atomic mass is 10.1. The molecule has 0 saturated carbocycles. The molecule has 2 aromatic carbocycles. The van der Waals surface area contributed by atoms with Crippen LogP contribution in [-0.2, 0) is 0 Å². The SMILES string of the molecule is CSc1ccc(-c2oc3ccccc3c(=O)c2O)cc1. The van der Waals surface area contributed by atoms with Crippen LogP contribution in [0.15, 0.2) is 62.6 Å². The first kappa shape index (κ1) is 12.8. The fourth-order valence-electron chi connectivity index (χ4n) is 2.07. The van der Waals surface area contributed by atoms with Gasteiger partial charge in [-0.05, 0) is 42.7 Å². The molecule has 0 spiro atoms. The van der Waals surface area contributed by atoms with Crippen molar-refractivity contribution >= 4 is 22.7 Å². The summed E-state index contributed by atoms with van der Waals surface area (Å²) in [5.41, 5.74) is 0.748. The Morgan fingerprint density at radius 2 is 1.75 bits per heavy atom. The van der Waals surface area contributed by atoms with Crippen LogP contribution in [0.25, 0.3) is 22.3 Å². The molecule has 0 fully saturated rings. The van der Waals surface area contributed by atoms with Crippen molar-refractivity contribution in [2.45, 2.75) is 4.90 Å². The number of fused-ring (bicyclic) bond motifs is 1. The monoisotopic (exact) mass is 284 g/mol. The van der Waals surface area contributed by atoms with Crippen LogP contribution in [0.5, 0.6) is 5.75 Å². The molecule has 100 valence electrons. The number of thioether (sulfide) groups is 1. The van der Waals surface area contributed by atoms with Crippen LogP contribution in [-0.4, -0.2) is 11.4 Å². The Kier molecular flexibility index (Phi) is 3.24. The molecular weight excluding hydrogens is 272 g/mol. The molecule has 4 heteroatoms. The molecule has 0 aliphatic rings. The van der Waals surface area contributed by atoms with E-state index in [0.717, 1.165) is 4.90 Å². The molecule has 0 aliphatic carbocycles. The zero-order chi connectivity index (χ0) is 14.1. The Balaban J connectivity index is 2.25. The van der Waals surface area contributed by atoms with E-state index >= 15 is 0 Å². The van der Waals surface area contributed by atoms with E-state index in [1.165, 1.54) is 0 Å². The van der Waals surface area contributed by atoms with E-state index in [1.807, 2.05) is 30.5 Å². The molecule has 20 heavy (non-hydrogen) atoms. The Morgan fingerprint density at radius 1 is 1.05 bits per heavy atom. The highest BCUT2D eigenvalue weighted by Gasteiger charge is 2.14. The molecule has 0 saturated heterocycles. The summed E-state index contributed by atoms with van der Waals surface area (Å²) in [6.07, 6.45) is 1.99. The maximum Gasteiger partial charge on any atom is 0.235 e. The van der Waals surface area contributed by atoms with E-state index in [-0.39, 0.29) is 11.5 Å². The zero-order valence-electron chi connectivity index (χ0n) is 10.8. The Bertz CT molecular complexity index is 819. The predicted molar refractivity (Wildman–Crippen MR) is 81.4 cm³/mol. The van der Waals surface area contributed by atoms with Gasteiger partial charge in [0.05, 0.1) is 5.39 Å². The molecule has 0 amide bonds. The number of aromatic hydroxyl groups is 1. The Labute approximate surface area is 119 Å². The summed E-state index contributed by atoms with van der Waals surface area (Å²) < 4.78 is 5.68. The van der Waals surface area contributed by atoms with Gasteiger partial charge in [0.2, 0.25) is 11.2 Å². The van der Waals surface area contributed by atoms with Gasteiger partial charge in [-0.2, -0.15) is 0 Å². The van der Waals surface area contributed by atoms with Crippen LogP contribution in [0, 0.1) is 0 Å². The second-order valence-electron chi connectivity index (χ2n) is 4.33. The maximum absolute atomic E-state index is 12.1. The standard InChI is InChI=1S/C16H12O3S/c1-20-11-8-6-10(7-9-11)16-15(18)14(17)12-4-2-3-5-13(12)19-16/h2-9,18H,1H3. The smallest absolute Gasteiger partial charge is 0.235 e. The van der Waals surface area contributed by atoms with Crippen molar-refractivity contribution in [1.29, 1.82) is 0 Å². The first-order valence-corrected chi connectivity index (χ1v) is 7.32. The molecule has 0 aliphatic heterocycles. The van der Waals surface area contributed by atoms with Gasteiger partial charge in [0.1, 0.15) is 5.58 Å². The van der Waals surface area contributed by atoms with E-state index in [2.05, 4.69) is 0 Å². The molecule has 1 N–H and O–H groups in total. The molecule has 0 bridgehead atoms. The maximum atomic E-state index is 12.1. The molecule has 3 aromatic rings. The largest absolute Gasteiger partial charge is 0.502 e. The van der Waals surface area contributed by atoms with Crippen molar-refractivity contribution in [2.75, 3.05) is 6.26 Å². The third-order valence-electron chi connectivity index (χ3n) is 3.13. The number of benzene rings is 2. The van der Waals surface area contributed by atoms with Crippen molar-refractivity contribution < 1.29 is 9.52 Å². The quantitative estimate of drug-likeness (QED) is 0.725. The van der Waals surface area contributed by atoms with Crippen LogP contribution in [0.4, 0.5) is 0 Å². The average molecular weight is 284 g/mol.